The Morgan fingerprint density at radius 2 is 2.06 bits per heavy atom. The molecule has 0 radical (unpaired) electrons. The molecule has 1 aromatic carbocycles. The average Bonchev–Trinajstić information content (AvgIpc) is 3.60. The lowest BCUT2D eigenvalue weighted by atomic mass is 10.0. The van der Waals surface area contributed by atoms with Crippen LogP contribution >= 0.6 is 0 Å². The molecule has 0 saturated heterocycles. The van der Waals surface area contributed by atoms with Crippen LogP contribution in [0.25, 0.3) is 22.5 Å². The van der Waals surface area contributed by atoms with Crippen LogP contribution in [0.4, 0.5) is 5.82 Å². The van der Waals surface area contributed by atoms with Gasteiger partial charge in [0.05, 0.1) is 0 Å². The maximum Gasteiger partial charge on any atom is 0.161 e. The Hall–Kier alpha value is -3.47. The molecule has 0 spiro atoms. The Balaban J connectivity index is 2.04. The first-order valence-electron chi connectivity index (χ1n) is 10.9. The van der Waals surface area contributed by atoms with E-state index < -0.39 is 0 Å². The van der Waals surface area contributed by atoms with E-state index in [1.807, 2.05) is 62.6 Å². The van der Waals surface area contributed by atoms with Crippen molar-refractivity contribution >= 4 is 23.2 Å². The van der Waals surface area contributed by atoms with Gasteiger partial charge in [0.15, 0.2) is 5.82 Å². The number of aliphatic imine (C=N–C) groups is 1. The molecule has 0 aliphatic heterocycles. The van der Waals surface area contributed by atoms with Crippen LogP contribution in [-0.4, -0.2) is 48.8 Å². The molecule has 166 valence electrons. The smallest absolute Gasteiger partial charge is 0.161 e. The molecule has 0 amide bonds. The zero-order chi connectivity index (χ0) is 23.1. The van der Waals surface area contributed by atoms with Crippen LogP contribution in [0.5, 0.6) is 0 Å². The topological polar surface area (TPSA) is 53.4 Å². The molecule has 0 unspecified atom stereocenters. The van der Waals surface area contributed by atoms with E-state index >= 15 is 0 Å². The van der Waals surface area contributed by atoms with Crippen molar-refractivity contribution in [1.82, 2.24) is 14.9 Å². The number of allylic oxidation sites excluding steroid dienone is 5. The van der Waals surface area contributed by atoms with E-state index in [0.29, 0.717) is 5.82 Å². The predicted molar refractivity (Wildman–Crippen MR) is 138 cm³/mol. The quantitative estimate of drug-likeness (QED) is 0.389. The highest BCUT2D eigenvalue weighted by atomic mass is 15.0. The molecule has 3 rings (SSSR count). The number of rotatable bonds is 10. The monoisotopic (exact) mass is 427 g/mol. The summed E-state index contributed by atoms with van der Waals surface area (Å²) in [6.07, 6.45) is 12.2. The Morgan fingerprint density at radius 3 is 2.69 bits per heavy atom. The van der Waals surface area contributed by atoms with Gasteiger partial charge in [-0.05, 0) is 42.9 Å². The summed E-state index contributed by atoms with van der Waals surface area (Å²) in [4.78, 5) is 15.9. The number of nitrogens with one attached hydrogen (secondary N) is 1. The summed E-state index contributed by atoms with van der Waals surface area (Å²) in [6, 6.07) is 8.25. The van der Waals surface area contributed by atoms with E-state index in [2.05, 4.69) is 41.8 Å². The molecular weight excluding hydrogens is 394 g/mol. The highest BCUT2D eigenvalue weighted by molar-refractivity contribution is 6.12. The Kier molecular flexibility index (Phi) is 7.77. The van der Waals surface area contributed by atoms with E-state index in [1.54, 1.807) is 7.05 Å². The second-order valence-electron chi connectivity index (χ2n) is 8.45. The van der Waals surface area contributed by atoms with Gasteiger partial charge in [0, 0.05) is 63.0 Å². The molecule has 2 aromatic rings. The van der Waals surface area contributed by atoms with Crippen molar-refractivity contribution < 1.29 is 0 Å². The number of nitrogens with zero attached hydrogens (tertiary/aromatic N) is 4. The third kappa shape index (κ3) is 6.27. The Morgan fingerprint density at radius 1 is 1.28 bits per heavy atom. The van der Waals surface area contributed by atoms with E-state index in [4.69, 9.17) is 9.97 Å². The number of hydrogen-bond acceptors (Lipinski definition) is 5. The van der Waals surface area contributed by atoms with Crippen molar-refractivity contribution in [2.45, 2.75) is 19.8 Å². The van der Waals surface area contributed by atoms with Crippen molar-refractivity contribution in [2.75, 3.05) is 33.0 Å². The van der Waals surface area contributed by atoms with Gasteiger partial charge >= 0.3 is 0 Å². The highest BCUT2D eigenvalue weighted by Crippen LogP contribution is 2.31. The van der Waals surface area contributed by atoms with Gasteiger partial charge in [0.1, 0.15) is 5.82 Å². The van der Waals surface area contributed by atoms with Crippen LogP contribution in [0, 0.1) is 5.92 Å². The van der Waals surface area contributed by atoms with Crippen molar-refractivity contribution in [2.24, 2.45) is 10.9 Å². The lowest BCUT2D eigenvalue weighted by molar-refractivity contribution is 0.566. The van der Waals surface area contributed by atoms with Gasteiger partial charge in [-0.25, -0.2) is 9.97 Å². The fraction of sp³-hybridized carbons (Fsp3) is 0.296. The van der Waals surface area contributed by atoms with E-state index in [0.717, 1.165) is 51.7 Å². The summed E-state index contributed by atoms with van der Waals surface area (Å²) in [5.41, 5.74) is 5.91. The minimum Gasteiger partial charge on any atom is -0.383 e. The van der Waals surface area contributed by atoms with Gasteiger partial charge in [0.25, 0.3) is 0 Å². The third-order valence-electron chi connectivity index (χ3n) is 5.10. The fourth-order valence-corrected chi connectivity index (χ4v) is 3.38. The lowest BCUT2D eigenvalue weighted by Crippen LogP contribution is -2.09. The number of hydrogen-bond donors (Lipinski definition) is 1. The fourth-order valence-electron chi connectivity index (χ4n) is 3.38. The molecule has 1 fully saturated rings. The summed E-state index contributed by atoms with van der Waals surface area (Å²) >= 11 is 0. The summed E-state index contributed by atoms with van der Waals surface area (Å²) in [7, 11) is 5.77. The van der Waals surface area contributed by atoms with E-state index in [9.17, 15) is 0 Å². The summed E-state index contributed by atoms with van der Waals surface area (Å²) in [6.45, 7) is 10.9. The van der Waals surface area contributed by atoms with Crippen molar-refractivity contribution in [3.8, 4) is 11.4 Å². The first-order chi connectivity index (χ1) is 15.4. The van der Waals surface area contributed by atoms with Gasteiger partial charge in [-0.15, -0.1) is 0 Å². The first-order valence-corrected chi connectivity index (χ1v) is 10.9. The molecule has 0 atom stereocenters. The second-order valence-corrected chi connectivity index (χ2v) is 8.45. The number of benzene rings is 1. The molecule has 1 N–H and O–H groups in total. The first kappa shape index (κ1) is 23.2. The standard InChI is InChI=1S/C27H33N5/c1-7-21(18-32(5)6)22-9-8-10-23(14-22)26-30-17-25(24(16-28-4)13-19(2)3)27(31-26)29-15-20-11-12-20/h7-10,13-14,16-18,20H,1-2,11-12,15H2,3-6H3,(H,29,30,31)/b21-18+,24-13+,28-16?. The molecular formula is C27H33N5. The Labute approximate surface area is 192 Å². The second kappa shape index (κ2) is 10.7. The molecule has 1 aliphatic rings. The van der Waals surface area contributed by atoms with Crippen LogP contribution in [-0.2, 0) is 0 Å². The molecule has 1 heterocycles. The number of anilines is 1. The van der Waals surface area contributed by atoms with E-state index in [1.165, 1.54) is 12.8 Å². The van der Waals surface area contributed by atoms with E-state index in [-0.39, 0.29) is 0 Å². The summed E-state index contributed by atoms with van der Waals surface area (Å²) in [5.74, 6) is 2.24. The zero-order valence-corrected chi connectivity index (χ0v) is 19.6. The minimum absolute atomic E-state index is 0.685. The van der Waals surface area contributed by atoms with Crippen LogP contribution in [0.3, 0.4) is 0 Å². The SMILES string of the molecule is C=C/C(=C\N(C)C)c1cccc(-c2ncc(/C(C=NC)=C/C(=C)C)c(NCC3CC3)n2)c1. The zero-order valence-electron chi connectivity index (χ0n) is 19.6. The van der Waals surface area contributed by atoms with Crippen molar-refractivity contribution in [3.05, 3.63) is 78.7 Å². The maximum absolute atomic E-state index is 4.93. The van der Waals surface area contributed by atoms with Crippen LogP contribution < -0.4 is 5.32 Å². The van der Waals surface area contributed by atoms with Crippen molar-refractivity contribution in [3.63, 3.8) is 0 Å². The van der Waals surface area contributed by atoms with Gasteiger partial charge in [-0.2, -0.15) is 0 Å². The normalized spacial score (nSPS) is 14.5. The molecule has 5 nitrogen and oxygen atoms in total. The highest BCUT2D eigenvalue weighted by Gasteiger charge is 2.22. The van der Waals surface area contributed by atoms with Gasteiger partial charge < -0.3 is 10.2 Å². The van der Waals surface area contributed by atoms with Gasteiger partial charge in [-0.1, -0.05) is 49.1 Å². The third-order valence-corrected chi connectivity index (χ3v) is 5.10. The number of aromatic nitrogens is 2. The maximum atomic E-state index is 4.93. The lowest BCUT2D eigenvalue weighted by Gasteiger charge is -2.14. The van der Waals surface area contributed by atoms with Gasteiger partial charge in [-0.3, -0.25) is 4.99 Å². The average molecular weight is 428 g/mol. The molecule has 32 heavy (non-hydrogen) atoms. The Bertz CT molecular complexity index is 1070. The summed E-state index contributed by atoms with van der Waals surface area (Å²) in [5, 5.41) is 3.55. The molecule has 1 aliphatic carbocycles. The van der Waals surface area contributed by atoms with Gasteiger partial charge in [0.2, 0.25) is 0 Å². The molecule has 5 heteroatoms. The largest absolute Gasteiger partial charge is 0.383 e. The summed E-state index contributed by atoms with van der Waals surface area (Å²) < 4.78 is 0. The predicted octanol–water partition coefficient (Wildman–Crippen LogP) is 5.71. The molecule has 0 bridgehead atoms. The molecule has 1 saturated carbocycles. The van der Waals surface area contributed by atoms with Crippen molar-refractivity contribution in [1.29, 1.82) is 0 Å². The molecule has 1 aromatic heterocycles. The van der Waals surface area contributed by atoms with Crippen LogP contribution in [0.2, 0.25) is 0 Å². The van der Waals surface area contributed by atoms with Crippen LogP contribution in [0.15, 0.2) is 72.5 Å². The minimum atomic E-state index is 0.685. The van der Waals surface area contributed by atoms with Crippen LogP contribution in [0.1, 0.15) is 30.9 Å².